The lowest BCUT2D eigenvalue weighted by Crippen LogP contribution is -2.30. The van der Waals surface area contributed by atoms with Gasteiger partial charge in [0.1, 0.15) is 5.82 Å². The smallest absolute Gasteiger partial charge is 0.388 e. The van der Waals surface area contributed by atoms with Gasteiger partial charge in [0.25, 0.3) is 0 Å². The number of pyridine rings is 1. The number of aliphatic hydroxyl groups is 1. The highest BCUT2D eigenvalue weighted by molar-refractivity contribution is 5.75. The molecular weight excluding hydrogens is 487 g/mol. The number of nitrogens with one attached hydrogen (secondary N) is 1. The SMILES string of the molecule is CCCNC1CCC(O)c2c1nc(C(C)C)c(C(F)c1ccc(C(F)(F)F)cc1)c2-c1ccc(F)cc1. The highest BCUT2D eigenvalue weighted by Crippen LogP contribution is 2.48. The van der Waals surface area contributed by atoms with Crippen LogP contribution in [0.3, 0.4) is 0 Å². The van der Waals surface area contributed by atoms with Crippen molar-refractivity contribution in [3.8, 4) is 11.1 Å². The van der Waals surface area contributed by atoms with Crippen molar-refractivity contribution in [1.82, 2.24) is 10.3 Å². The molecule has 1 aliphatic rings. The molecule has 0 fully saturated rings. The van der Waals surface area contributed by atoms with E-state index in [9.17, 15) is 22.7 Å². The zero-order chi connectivity index (χ0) is 26.9. The lowest BCUT2D eigenvalue weighted by molar-refractivity contribution is -0.137. The third kappa shape index (κ3) is 5.55. The maximum Gasteiger partial charge on any atom is 0.416 e. The predicted octanol–water partition coefficient (Wildman–Crippen LogP) is 7.96. The Morgan fingerprint density at radius 3 is 2.24 bits per heavy atom. The number of hydrogen-bond donors (Lipinski definition) is 2. The minimum absolute atomic E-state index is 0.0472. The monoisotopic (exact) mass is 518 g/mol. The van der Waals surface area contributed by atoms with E-state index >= 15 is 4.39 Å². The summed E-state index contributed by atoms with van der Waals surface area (Å²) in [5.74, 6) is -0.682. The predicted molar refractivity (Wildman–Crippen MR) is 133 cm³/mol. The number of nitrogens with zero attached hydrogens (tertiary/aromatic N) is 1. The first-order chi connectivity index (χ1) is 17.5. The lowest BCUT2D eigenvalue weighted by Gasteiger charge is -2.34. The molecule has 2 N–H and O–H groups in total. The second-order valence-corrected chi connectivity index (χ2v) is 9.83. The summed E-state index contributed by atoms with van der Waals surface area (Å²) in [4.78, 5) is 4.89. The first-order valence-electron chi connectivity index (χ1n) is 12.6. The van der Waals surface area contributed by atoms with Gasteiger partial charge in [0, 0.05) is 17.2 Å². The van der Waals surface area contributed by atoms with E-state index < -0.39 is 29.8 Å². The van der Waals surface area contributed by atoms with E-state index in [0.29, 0.717) is 40.9 Å². The number of alkyl halides is 4. The number of halogens is 5. The molecule has 8 heteroatoms. The Morgan fingerprint density at radius 1 is 1.03 bits per heavy atom. The van der Waals surface area contributed by atoms with E-state index in [2.05, 4.69) is 5.32 Å². The van der Waals surface area contributed by atoms with Gasteiger partial charge in [-0.15, -0.1) is 0 Å². The molecule has 0 saturated carbocycles. The Bertz CT molecular complexity index is 1220. The quantitative estimate of drug-likeness (QED) is 0.312. The van der Waals surface area contributed by atoms with Crippen molar-refractivity contribution >= 4 is 0 Å². The summed E-state index contributed by atoms with van der Waals surface area (Å²) in [5, 5.41) is 14.6. The largest absolute Gasteiger partial charge is 0.416 e. The summed E-state index contributed by atoms with van der Waals surface area (Å²) in [7, 11) is 0. The Labute approximate surface area is 213 Å². The average Bonchev–Trinajstić information content (AvgIpc) is 2.87. The highest BCUT2D eigenvalue weighted by atomic mass is 19.4. The van der Waals surface area contributed by atoms with Gasteiger partial charge in [0.05, 0.1) is 23.1 Å². The third-order valence-corrected chi connectivity index (χ3v) is 6.83. The standard InChI is InChI=1S/C29H31F5N2O/c1-4-15-35-21-13-14-22(37)24-23(17-7-11-20(30)12-8-17)25(27(16(2)3)36-28(21)24)26(31)18-5-9-19(10-6-18)29(32,33)34/h5-12,16,21-22,26,35,37H,4,13-15H2,1-3H3. The first kappa shape index (κ1) is 27.2. The van der Waals surface area contributed by atoms with Gasteiger partial charge < -0.3 is 10.4 Å². The van der Waals surface area contributed by atoms with Crippen molar-refractivity contribution in [1.29, 1.82) is 0 Å². The zero-order valence-corrected chi connectivity index (χ0v) is 21.0. The minimum atomic E-state index is -4.54. The molecule has 0 aliphatic heterocycles. The van der Waals surface area contributed by atoms with Gasteiger partial charge >= 0.3 is 6.18 Å². The van der Waals surface area contributed by atoms with Crippen LogP contribution in [0.15, 0.2) is 48.5 Å². The highest BCUT2D eigenvalue weighted by Gasteiger charge is 2.36. The van der Waals surface area contributed by atoms with Crippen molar-refractivity contribution in [2.75, 3.05) is 6.54 Å². The maximum absolute atomic E-state index is 16.4. The molecule has 37 heavy (non-hydrogen) atoms. The minimum Gasteiger partial charge on any atom is -0.388 e. The molecule has 198 valence electrons. The van der Waals surface area contributed by atoms with Gasteiger partial charge in [0.2, 0.25) is 0 Å². The molecule has 2 aromatic carbocycles. The van der Waals surface area contributed by atoms with Crippen LogP contribution in [0.4, 0.5) is 22.0 Å². The van der Waals surface area contributed by atoms with Crippen LogP contribution >= 0.6 is 0 Å². The van der Waals surface area contributed by atoms with E-state index in [1.54, 1.807) is 0 Å². The summed E-state index contributed by atoms with van der Waals surface area (Å²) in [6.45, 7) is 6.53. The van der Waals surface area contributed by atoms with Crippen molar-refractivity contribution in [3.05, 3.63) is 88.0 Å². The number of aromatic nitrogens is 1. The molecule has 0 amide bonds. The first-order valence-corrected chi connectivity index (χ1v) is 12.6. The summed E-state index contributed by atoms with van der Waals surface area (Å²) in [6.07, 6.45) is -5.28. The van der Waals surface area contributed by atoms with Crippen molar-refractivity contribution in [2.24, 2.45) is 0 Å². The van der Waals surface area contributed by atoms with Crippen LogP contribution in [0.1, 0.15) is 97.9 Å². The van der Waals surface area contributed by atoms with E-state index in [4.69, 9.17) is 4.98 Å². The molecule has 1 heterocycles. The van der Waals surface area contributed by atoms with Crippen LogP contribution in [-0.2, 0) is 6.18 Å². The van der Waals surface area contributed by atoms with Crippen LogP contribution < -0.4 is 5.32 Å². The van der Waals surface area contributed by atoms with Crippen LogP contribution in [-0.4, -0.2) is 16.6 Å². The van der Waals surface area contributed by atoms with Gasteiger partial charge in [-0.3, -0.25) is 4.98 Å². The molecule has 0 spiro atoms. The number of aliphatic hydroxyl groups excluding tert-OH is 1. The topological polar surface area (TPSA) is 45.1 Å². The third-order valence-electron chi connectivity index (χ3n) is 6.83. The summed E-state index contributed by atoms with van der Waals surface area (Å²) >= 11 is 0. The van der Waals surface area contributed by atoms with E-state index in [-0.39, 0.29) is 23.1 Å². The van der Waals surface area contributed by atoms with Crippen molar-refractivity contribution in [3.63, 3.8) is 0 Å². The Balaban J connectivity index is 1.99. The fourth-order valence-corrected chi connectivity index (χ4v) is 5.01. The van der Waals surface area contributed by atoms with Crippen LogP contribution in [0.2, 0.25) is 0 Å². The Morgan fingerprint density at radius 2 is 1.68 bits per heavy atom. The molecule has 3 aromatic rings. The molecule has 1 aliphatic carbocycles. The number of hydrogen-bond acceptors (Lipinski definition) is 3. The molecule has 1 aromatic heterocycles. The van der Waals surface area contributed by atoms with Crippen molar-refractivity contribution < 1.29 is 27.1 Å². The maximum atomic E-state index is 16.4. The Hall–Kier alpha value is -2.84. The zero-order valence-electron chi connectivity index (χ0n) is 21.0. The van der Waals surface area contributed by atoms with E-state index in [1.807, 2.05) is 20.8 Å². The molecule has 3 unspecified atom stereocenters. The van der Waals surface area contributed by atoms with E-state index in [1.165, 1.54) is 24.3 Å². The molecule has 4 rings (SSSR count). The van der Waals surface area contributed by atoms with E-state index in [0.717, 1.165) is 37.2 Å². The van der Waals surface area contributed by atoms with Gasteiger partial charge in [-0.1, -0.05) is 45.0 Å². The second-order valence-electron chi connectivity index (χ2n) is 9.83. The normalized spacial score (nSPS) is 18.6. The summed E-state index contributed by atoms with van der Waals surface area (Å²) in [5.41, 5.74) is 1.90. The molecular formula is C29H31F5N2O. The van der Waals surface area contributed by atoms with Crippen LogP contribution in [0, 0.1) is 5.82 Å². The molecule has 3 nitrogen and oxygen atoms in total. The van der Waals surface area contributed by atoms with Gasteiger partial charge in [-0.05, 0) is 72.7 Å². The second kappa shape index (κ2) is 10.9. The molecule has 3 atom stereocenters. The summed E-state index contributed by atoms with van der Waals surface area (Å²) in [6, 6.07) is 9.46. The summed E-state index contributed by atoms with van der Waals surface area (Å²) < 4.78 is 69.7. The van der Waals surface area contributed by atoms with Crippen LogP contribution in [0.5, 0.6) is 0 Å². The Kier molecular flexibility index (Phi) is 7.99. The lowest BCUT2D eigenvalue weighted by atomic mass is 9.79. The average molecular weight is 519 g/mol. The van der Waals surface area contributed by atoms with Gasteiger partial charge in [-0.2, -0.15) is 13.2 Å². The van der Waals surface area contributed by atoms with Crippen molar-refractivity contribution in [2.45, 2.75) is 70.4 Å². The number of rotatable bonds is 7. The van der Waals surface area contributed by atoms with Crippen LogP contribution in [0.25, 0.3) is 11.1 Å². The number of fused-ring (bicyclic) bond motifs is 1. The molecule has 0 bridgehead atoms. The fourth-order valence-electron chi connectivity index (χ4n) is 5.01. The van der Waals surface area contributed by atoms with Gasteiger partial charge in [0.15, 0.2) is 6.17 Å². The number of benzene rings is 2. The van der Waals surface area contributed by atoms with Gasteiger partial charge in [-0.25, -0.2) is 8.78 Å². The molecule has 0 radical (unpaired) electrons. The molecule has 0 saturated heterocycles. The fraction of sp³-hybridized carbons (Fsp3) is 0.414.